The first-order valence-corrected chi connectivity index (χ1v) is 10.9. The summed E-state index contributed by atoms with van der Waals surface area (Å²) in [5, 5.41) is 8.14. The number of carbonyl (C=O) groups is 2. The van der Waals surface area contributed by atoms with Crippen molar-refractivity contribution in [3.8, 4) is 0 Å². The number of rotatable bonds is 5. The topological polar surface area (TPSA) is 98.5 Å². The van der Waals surface area contributed by atoms with Crippen molar-refractivity contribution in [2.75, 3.05) is 19.8 Å². The van der Waals surface area contributed by atoms with Crippen LogP contribution in [-0.4, -0.2) is 52.0 Å². The molecule has 2 amide bonds. The molecule has 0 spiro atoms. The van der Waals surface area contributed by atoms with E-state index in [0.29, 0.717) is 30.1 Å². The first-order valence-electron chi connectivity index (χ1n) is 10.9. The number of aromatic nitrogens is 3. The van der Waals surface area contributed by atoms with E-state index < -0.39 is 5.92 Å². The average Bonchev–Trinajstić information content (AvgIpc) is 3.17. The minimum absolute atomic E-state index is 0.125. The van der Waals surface area contributed by atoms with E-state index in [0.717, 1.165) is 29.5 Å². The maximum atomic E-state index is 13.2. The van der Waals surface area contributed by atoms with E-state index in [9.17, 15) is 9.59 Å². The number of ether oxygens (including phenoxy) is 1. The summed E-state index contributed by atoms with van der Waals surface area (Å²) in [7, 11) is 0. The Morgan fingerprint density at radius 3 is 2.71 bits per heavy atom. The van der Waals surface area contributed by atoms with Gasteiger partial charge in [0.15, 0.2) is 5.65 Å². The first-order chi connectivity index (χ1) is 14.8. The van der Waals surface area contributed by atoms with Crippen molar-refractivity contribution in [1.29, 1.82) is 0 Å². The number of dihydropyridines is 1. The van der Waals surface area contributed by atoms with E-state index in [4.69, 9.17) is 9.72 Å². The molecule has 31 heavy (non-hydrogen) atoms. The standard InChI is InChI=1S/C23H29N5O3/c1-13(2)28-21-19(12-25-28)17(10-20(27-21)16-5-7-31-8-6-16)22(29)24-11-18-14(3)9-15(4)26-23(18)30/h9-10,12-13,16,18H,5-8,11H2,1-4H3,(H,24,29). The van der Waals surface area contributed by atoms with Gasteiger partial charge in [0.1, 0.15) is 0 Å². The van der Waals surface area contributed by atoms with Crippen LogP contribution >= 0.6 is 0 Å². The second kappa shape index (κ2) is 8.70. The largest absolute Gasteiger partial charge is 0.381 e. The molecule has 1 unspecified atom stereocenters. The Balaban J connectivity index is 1.64. The average molecular weight is 424 g/mol. The van der Waals surface area contributed by atoms with Crippen molar-refractivity contribution < 1.29 is 14.3 Å². The highest BCUT2D eigenvalue weighted by Gasteiger charge is 2.26. The summed E-state index contributed by atoms with van der Waals surface area (Å²) in [6, 6.07) is 2.01. The van der Waals surface area contributed by atoms with Gasteiger partial charge in [-0.2, -0.15) is 5.10 Å². The Labute approximate surface area is 181 Å². The molecular formula is C23H29N5O3. The predicted molar refractivity (Wildman–Crippen MR) is 118 cm³/mol. The van der Waals surface area contributed by atoms with Gasteiger partial charge in [0.2, 0.25) is 0 Å². The number of nitrogens with zero attached hydrogens (tertiary/aromatic N) is 4. The molecule has 8 heteroatoms. The van der Waals surface area contributed by atoms with Gasteiger partial charge in [-0.3, -0.25) is 9.59 Å². The molecule has 1 saturated heterocycles. The Morgan fingerprint density at radius 1 is 1.29 bits per heavy atom. The van der Waals surface area contributed by atoms with Crippen LogP contribution < -0.4 is 5.32 Å². The highest BCUT2D eigenvalue weighted by molar-refractivity contribution is 6.07. The van der Waals surface area contributed by atoms with Crippen LogP contribution in [-0.2, 0) is 9.53 Å². The monoisotopic (exact) mass is 423 g/mol. The lowest BCUT2D eigenvalue weighted by Crippen LogP contribution is -2.34. The van der Waals surface area contributed by atoms with Crippen LogP contribution in [0.5, 0.6) is 0 Å². The molecule has 2 aliphatic rings. The normalized spacial score (nSPS) is 20.2. The summed E-state index contributed by atoms with van der Waals surface area (Å²) in [4.78, 5) is 34.4. The predicted octanol–water partition coefficient (Wildman–Crippen LogP) is 3.20. The maximum absolute atomic E-state index is 13.2. The number of pyridine rings is 1. The molecule has 0 radical (unpaired) electrons. The molecule has 4 heterocycles. The third-order valence-corrected chi connectivity index (χ3v) is 6.00. The van der Waals surface area contributed by atoms with E-state index in [-0.39, 0.29) is 30.3 Å². The molecule has 2 aromatic heterocycles. The molecule has 2 aromatic rings. The Kier molecular flexibility index (Phi) is 6.00. The van der Waals surface area contributed by atoms with Gasteiger partial charge < -0.3 is 10.1 Å². The van der Waals surface area contributed by atoms with Crippen molar-refractivity contribution in [2.24, 2.45) is 10.9 Å². The Bertz CT molecular complexity index is 1080. The third kappa shape index (κ3) is 4.30. The van der Waals surface area contributed by atoms with Gasteiger partial charge >= 0.3 is 0 Å². The Morgan fingerprint density at radius 2 is 2.03 bits per heavy atom. The van der Waals surface area contributed by atoms with Crippen molar-refractivity contribution in [3.05, 3.63) is 35.2 Å². The summed E-state index contributed by atoms with van der Waals surface area (Å²) in [6.45, 7) is 9.39. The van der Waals surface area contributed by atoms with Crippen molar-refractivity contribution >= 4 is 28.6 Å². The molecule has 0 bridgehead atoms. The zero-order valence-electron chi connectivity index (χ0n) is 18.5. The molecule has 164 valence electrons. The van der Waals surface area contributed by atoms with Gasteiger partial charge in [-0.15, -0.1) is 0 Å². The minimum atomic E-state index is -0.432. The van der Waals surface area contributed by atoms with Gasteiger partial charge in [-0.05, 0) is 52.7 Å². The van der Waals surface area contributed by atoms with Gasteiger partial charge in [0.25, 0.3) is 11.8 Å². The third-order valence-electron chi connectivity index (χ3n) is 6.00. The van der Waals surface area contributed by atoms with Crippen LogP contribution in [0.4, 0.5) is 0 Å². The zero-order valence-corrected chi connectivity index (χ0v) is 18.5. The molecule has 0 aliphatic carbocycles. The summed E-state index contributed by atoms with van der Waals surface area (Å²) < 4.78 is 7.35. The Hall–Kier alpha value is -2.87. The summed E-state index contributed by atoms with van der Waals surface area (Å²) in [5.41, 5.74) is 3.77. The van der Waals surface area contributed by atoms with Crippen LogP contribution in [0.15, 0.2) is 28.9 Å². The summed E-state index contributed by atoms with van der Waals surface area (Å²) >= 11 is 0. The van der Waals surface area contributed by atoms with Crippen LogP contribution in [0.3, 0.4) is 0 Å². The lowest BCUT2D eigenvalue weighted by molar-refractivity contribution is -0.120. The second-order valence-electron chi connectivity index (χ2n) is 8.64. The number of allylic oxidation sites excluding steroid dienone is 1. The fraction of sp³-hybridized carbons (Fsp3) is 0.522. The van der Waals surface area contributed by atoms with E-state index in [1.807, 2.05) is 37.6 Å². The van der Waals surface area contributed by atoms with Gasteiger partial charge in [-0.25, -0.2) is 14.7 Å². The van der Waals surface area contributed by atoms with Crippen LogP contribution in [0.1, 0.15) is 68.5 Å². The quantitative estimate of drug-likeness (QED) is 0.796. The summed E-state index contributed by atoms with van der Waals surface area (Å²) in [5.74, 6) is -0.620. The fourth-order valence-electron chi connectivity index (χ4n) is 4.25. The van der Waals surface area contributed by atoms with Crippen molar-refractivity contribution in [3.63, 3.8) is 0 Å². The minimum Gasteiger partial charge on any atom is -0.381 e. The van der Waals surface area contributed by atoms with Gasteiger partial charge in [0, 0.05) is 43.1 Å². The number of hydrogen-bond acceptors (Lipinski definition) is 5. The van der Waals surface area contributed by atoms with Crippen LogP contribution in [0, 0.1) is 5.92 Å². The number of fused-ring (bicyclic) bond motifs is 1. The number of nitrogens with one attached hydrogen (secondary N) is 1. The van der Waals surface area contributed by atoms with E-state index in [2.05, 4.69) is 15.4 Å². The molecule has 8 nitrogen and oxygen atoms in total. The van der Waals surface area contributed by atoms with E-state index in [1.165, 1.54) is 0 Å². The summed E-state index contributed by atoms with van der Waals surface area (Å²) in [6.07, 6.45) is 5.36. The van der Waals surface area contributed by atoms with Gasteiger partial charge in [0.05, 0.1) is 23.1 Å². The molecular weight excluding hydrogens is 394 g/mol. The zero-order chi connectivity index (χ0) is 22.1. The van der Waals surface area contributed by atoms with Crippen LogP contribution in [0.25, 0.3) is 11.0 Å². The SMILES string of the molecule is CC1=CC(C)=NC(=O)C1CNC(=O)c1cc(C2CCOCC2)nc2c1cnn2C(C)C. The number of hydrogen-bond donors (Lipinski definition) is 1. The number of carbonyl (C=O) groups excluding carboxylic acids is 2. The smallest absolute Gasteiger partial charge is 0.254 e. The molecule has 1 N–H and O–H groups in total. The number of amides is 2. The lowest BCUT2D eigenvalue weighted by atomic mass is 9.94. The maximum Gasteiger partial charge on any atom is 0.254 e. The molecule has 2 aliphatic heterocycles. The van der Waals surface area contributed by atoms with Crippen molar-refractivity contribution in [1.82, 2.24) is 20.1 Å². The molecule has 1 atom stereocenters. The lowest BCUT2D eigenvalue weighted by Gasteiger charge is -2.23. The molecule has 4 rings (SSSR count). The number of aliphatic imine (C=N–C) groups is 1. The van der Waals surface area contributed by atoms with E-state index >= 15 is 0 Å². The van der Waals surface area contributed by atoms with Crippen molar-refractivity contribution in [2.45, 2.75) is 52.5 Å². The first kappa shape index (κ1) is 21.4. The van der Waals surface area contributed by atoms with Crippen LogP contribution in [0.2, 0.25) is 0 Å². The molecule has 0 saturated carbocycles. The second-order valence-corrected chi connectivity index (χ2v) is 8.64. The molecule has 1 fully saturated rings. The van der Waals surface area contributed by atoms with Gasteiger partial charge in [-0.1, -0.05) is 5.57 Å². The fourth-order valence-corrected chi connectivity index (χ4v) is 4.25. The molecule has 0 aromatic carbocycles. The van der Waals surface area contributed by atoms with E-state index in [1.54, 1.807) is 13.1 Å². The highest BCUT2D eigenvalue weighted by atomic mass is 16.5. The highest BCUT2D eigenvalue weighted by Crippen LogP contribution is 2.30.